The molecule has 1 N–H and O–H groups in total. The Morgan fingerprint density at radius 2 is 1.73 bits per heavy atom. The van der Waals surface area contributed by atoms with Gasteiger partial charge in [0.2, 0.25) is 0 Å². The van der Waals surface area contributed by atoms with E-state index in [0.29, 0.717) is 11.3 Å². The van der Waals surface area contributed by atoms with Crippen LogP contribution in [0.25, 0.3) is 0 Å². The Labute approximate surface area is 253 Å². The van der Waals surface area contributed by atoms with E-state index in [4.69, 9.17) is 0 Å². The van der Waals surface area contributed by atoms with Crippen LogP contribution in [0.5, 0.6) is 0 Å². The third-order valence-electron chi connectivity index (χ3n) is 8.55. The molecule has 2 rings (SSSR count). The molecule has 1 saturated carbocycles. The average molecular weight is 551 g/mol. The van der Waals surface area contributed by atoms with Gasteiger partial charge in [0.05, 0.1) is 6.10 Å². The first-order valence-electron chi connectivity index (χ1n) is 15.5. The predicted molar refractivity (Wildman–Crippen MR) is 179 cm³/mol. The Bertz CT molecular complexity index is 1300. The zero-order valence-electron chi connectivity index (χ0n) is 27.6. The number of allylic oxidation sites excluding steroid dienone is 12. The maximum absolute atomic E-state index is 10.1. The second kappa shape index (κ2) is 15.9. The van der Waals surface area contributed by atoms with E-state index in [0.717, 1.165) is 36.8 Å². The first-order valence-corrected chi connectivity index (χ1v) is 15.5. The lowest BCUT2D eigenvalue weighted by Crippen LogP contribution is -2.33. The lowest BCUT2D eigenvalue weighted by molar-refractivity contribution is 0.0769. The van der Waals surface area contributed by atoms with Crippen LogP contribution in [0.1, 0.15) is 114 Å². The van der Waals surface area contributed by atoms with Gasteiger partial charge in [0.15, 0.2) is 0 Å². The molecule has 0 heterocycles. The normalized spacial score (nSPS) is 24.7. The van der Waals surface area contributed by atoms with Crippen molar-refractivity contribution in [2.24, 2.45) is 22.7 Å². The monoisotopic (exact) mass is 550 g/mol. The molecule has 0 aromatic rings. The minimum Gasteiger partial charge on any atom is -0.393 e. The van der Waals surface area contributed by atoms with Crippen molar-refractivity contribution >= 4 is 0 Å². The third-order valence-corrected chi connectivity index (χ3v) is 8.55. The molecule has 220 valence electrons. The highest BCUT2D eigenvalue weighted by Gasteiger charge is 2.35. The zero-order chi connectivity index (χ0) is 30.6. The van der Waals surface area contributed by atoms with Gasteiger partial charge < -0.3 is 5.11 Å². The predicted octanol–water partition coefficient (Wildman–Crippen LogP) is 10.1. The lowest BCUT2D eigenvalue weighted by Gasteiger charge is -2.40. The molecule has 1 fully saturated rings. The third kappa shape index (κ3) is 11.8. The van der Waals surface area contributed by atoms with Crippen molar-refractivity contribution in [2.75, 3.05) is 0 Å². The van der Waals surface area contributed by atoms with Crippen molar-refractivity contribution in [1.82, 2.24) is 0 Å². The van der Waals surface area contributed by atoms with E-state index in [2.05, 4.69) is 134 Å². The first kappa shape index (κ1) is 34.3. The minimum absolute atomic E-state index is 0.0233. The number of hydrogen-bond acceptors (Lipinski definition) is 1. The van der Waals surface area contributed by atoms with Gasteiger partial charge in [0, 0.05) is 12.3 Å². The van der Waals surface area contributed by atoms with Gasteiger partial charge in [0.25, 0.3) is 0 Å². The summed E-state index contributed by atoms with van der Waals surface area (Å²) in [7, 11) is 0. The van der Waals surface area contributed by atoms with Crippen LogP contribution in [-0.2, 0) is 0 Å². The van der Waals surface area contributed by atoms with Crippen LogP contribution >= 0.6 is 0 Å². The average Bonchev–Trinajstić information content (AvgIpc) is 2.84. The zero-order valence-corrected chi connectivity index (χ0v) is 27.6. The Morgan fingerprint density at radius 1 is 1.02 bits per heavy atom. The van der Waals surface area contributed by atoms with Crippen molar-refractivity contribution in [3.63, 3.8) is 0 Å². The summed E-state index contributed by atoms with van der Waals surface area (Å²) in [4.78, 5) is 0. The Balaban J connectivity index is 1.87. The van der Waals surface area contributed by atoms with Crippen molar-refractivity contribution < 1.29 is 5.11 Å². The summed E-state index contributed by atoms with van der Waals surface area (Å²) >= 11 is 0. The van der Waals surface area contributed by atoms with Gasteiger partial charge >= 0.3 is 0 Å². The van der Waals surface area contributed by atoms with E-state index in [1.165, 1.54) is 30.4 Å². The van der Waals surface area contributed by atoms with Crippen molar-refractivity contribution in [1.29, 1.82) is 0 Å². The Kier molecular flexibility index (Phi) is 13.3. The molecule has 1 nitrogen and oxygen atoms in total. The summed E-state index contributed by atoms with van der Waals surface area (Å²) in [5.41, 5.74) is 8.29. The topological polar surface area (TPSA) is 20.2 Å². The van der Waals surface area contributed by atoms with Gasteiger partial charge in [-0.15, -0.1) is 0 Å². The summed E-state index contributed by atoms with van der Waals surface area (Å²) in [5.74, 6) is 19.4. The van der Waals surface area contributed by atoms with E-state index in [9.17, 15) is 5.11 Å². The molecule has 0 amide bonds. The summed E-state index contributed by atoms with van der Waals surface area (Å²) in [5, 5.41) is 10.1. The number of hydrogen-bond donors (Lipinski definition) is 1. The second-order valence-corrected chi connectivity index (χ2v) is 13.6. The van der Waals surface area contributed by atoms with Crippen LogP contribution in [0, 0.1) is 58.2 Å². The van der Waals surface area contributed by atoms with Crippen LogP contribution in [0.4, 0.5) is 0 Å². The molecule has 3 atom stereocenters. The molecule has 0 radical (unpaired) electrons. The number of aliphatic hydroxyl groups is 1. The van der Waals surface area contributed by atoms with Crippen molar-refractivity contribution in [3.05, 3.63) is 69.9 Å². The van der Waals surface area contributed by atoms with Crippen LogP contribution in [0.2, 0.25) is 0 Å². The van der Waals surface area contributed by atoms with Crippen LogP contribution in [0.3, 0.4) is 0 Å². The molecule has 0 aromatic carbocycles. The smallest absolute Gasteiger partial charge is 0.0554 e. The van der Waals surface area contributed by atoms with E-state index >= 15 is 0 Å². The summed E-state index contributed by atoms with van der Waals surface area (Å²) < 4.78 is 0. The molecular formula is C40H54O. The molecular weight excluding hydrogens is 496 g/mol. The van der Waals surface area contributed by atoms with E-state index in [-0.39, 0.29) is 17.4 Å². The summed E-state index contributed by atoms with van der Waals surface area (Å²) in [6.45, 7) is 22.1. The first-order chi connectivity index (χ1) is 19.2. The fourth-order valence-corrected chi connectivity index (χ4v) is 6.16. The summed E-state index contributed by atoms with van der Waals surface area (Å²) in [6.07, 6.45) is 20.1. The van der Waals surface area contributed by atoms with Crippen LogP contribution < -0.4 is 0 Å². The molecule has 0 aromatic heterocycles. The second-order valence-electron chi connectivity index (χ2n) is 13.6. The quantitative estimate of drug-likeness (QED) is 0.198. The summed E-state index contributed by atoms with van der Waals surface area (Å²) in [6, 6.07) is 0. The van der Waals surface area contributed by atoms with E-state index < -0.39 is 0 Å². The van der Waals surface area contributed by atoms with Gasteiger partial charge in [-0.25, -0.2) is 0 Å². The molecule has 0 bridgehead atoms. The van der Waals surface area contributed by atoms with E-state index in [1.807, 2.05) is 6.92 Å². The fourth-order valence-electron chi connectivity index (χ4n) is 6.16. The van der Waals surface area contributed by atoms with Crippen LogP contribution in [-0.4, -0.2) is 11.2 Å². The SMILES string of the molecule is CC1=C(C/C=C(C)/C=C/C=C(\C)C#CC#CC(C)CC#C/C(C)=C/C=C2\[C@H](C)C[C@@H](O)CC2(C)C)C(C)(C)CCC1. The molecule has 0 spiro atoms. The van der Waals surface area contributed by atoms with Gasteiger partial charge in [-0.1, -0.05) is 124 Å². The molecule has 0 saturated heterocycles. The van der Waals surface area contributed by atoms with Gasteiger partial charge in [-0.3, -0.25) is 0 Å². The highest BCUT2D eigenvalue weighted by molar-refractivity contribution is 5.39. The Morgan fingerprint density at radius 3 is 2.41 bits per heavy atom. The molecule has 1 heteroatoms. The number of aliphatic hydroxyl groups excluding tert-OH is 1. The van der Waals surface area contributed by atoms with Gasteiger partial charge in [0.1, 0.15) is 0 Å². The van der Waals surface area contributed by atoms with Gasteiger partial charge in [-0.05, 0) is 106 Å². The maximum atomic E-state index is 10.1. The molecule has 1 unspecified atom stereocenters. The van der Waals surface area contributed by atoms with E-state index in [1.54, 1.807) is 11.1 Å². The van der Waals surface area contributed by atoms with Crippen LogP contribution in [0.15, 0.2) is 69.9 Å². The molecule has 2 aliphatic carbocycles. The minimum atomic E-state index is -0.200. The standard InChI is InChI=1S/C40H54O/c1-30(18-13-20-32(3)23-25-37-34(5)22-15-27-39(37,7)8)16-11-12-17-31(2)19-14-21-33(4)24-26-38-35(6)28-36(41)29-40(38,9)10/h13,18,20,23-24,26,31,35-36,41H,15,19,22,25,27-29H2,1-10H3/b20-13+,30-18+,32-23+,33-24+,38-26+/t31?,35-,36-/m1/s1. The van der Waals surface area contributed by atoms with Crippen molar-refractivity contribution in [3.8, 4) is 35.5 Å². The largest absolute Gasteiger partial charge is 0.393 e. The molecule has 0 aliphatic heterocycles. The fraction of sp³-hybridized carbons (Fsp3) is 0.550. The Hall–Kier alpha value is -2.92. The lowest BCUT2D eigenvalue weighted by atomic mass is 9.67. The highest BCUT2D eigenvalue weighted by Crippen LogP contribution is 2.44. The van der Waals surface area contributed by atoms with Gasteiger partial charge in [-0.2, -0.15) is 0 Å². The number of rotatable bonds is 6. The highest BCUT2D eigenvalue weighted by atomic mass is 16.3. The molecule has 2 aliphatic rings. The maximum Gasteiger partial charge on any atom is 0.0554 e. The molecule has 41 heavy (non-hydrogen) atoms. The van der Waals surface area contributed by atoms with Crippen molar-refractivity contribution in [2.45, 2.75) is 120 Å².